The summed E-state index contributed by atoms with van der Waals surface area (Å²) in [4.78, 5) is 26.0. The first-order valence-electron chi connectivity index (χ1n) is 4.58. The molecule has 1 heterocycles. The number of carbonyl (C=O) groups excluding carboxylic acids is 2. The van der Waals surface area contributed by atoms with Crippen LogP contribution in [0.25, 0.3) is 0 Å². The molecule has 3 N–H and O–H groups in total. The van der Waals surface area contributed by atoms with Crippen molar-refractivity contribution in [3.63, 3.8) is 0 Å². The summed E-state index contributed by atoms with van der Waals surface area (Å²) in [6, 6.07) is 0. The predicted molar refractivity (Wildman–Crippen MR) is 58.3 cm³/mol. The largest absolute Gasteiger partial charge is 0.369 e. The monoisotopic (exact) mass is 227 g/mol. The van der Waals surface area contributed by atoms with E-state index in [0.717, 1.165) is 0 Å². The molecule has 0 aromatic carbocycles. The fraction of sp³-hybridized carbons (Fsp3) is 0.444. The van der Waals surface area contributed by atoms with Gasteiger partial charge in [0.1, 0.15) is 0 Å². The Balaban J connectivity index is 2.28. The molecule has 0 saturated carbocycles. The maximum Gasteiger partial charge on any atom is 0.226 e. The van der Waals surface area contributed by atoms with E-state index in [0.29, 0.717) is 11.6 Å². The number of nitrogens with two attached hydrogens (primary N) is 1. The Morgan fingerprint density at radius 1 is 1.67 bits per heavy atom. The molecule has 82 valence electrons. The van der Waals surface area contributed by atoms with E-state index in [2.05, 4.69) is 10.3 Å². The molecular weight excluding hydrogens is 214 g/mol. The van der Waals surface area contributed by atoms with Crippen molar-refractivity contribution in [2.75, 3.05) is 5.32 Å². The highest BCUT2D eigenvalue weighted by molar-refractivity contribution is 7.13. The van der Waals surface area contributed by atoms with Crippen LogP contribution < -0.4 is 11.1 Å². The number of rotatable bonds is 5. The van der Waals surface area contributed by atoms with Gasteiger partial charge < -0.3 is 11.1 Å². The minimum Gasteiger partial charge on any atom is -0.369 e. The fourth-order valence-corrected chi connectivity index (χ4v) is 1.50. The summed E-state index contributed by atoms with van der Waals surface area (Å²) < 4.78 is 0. The van der Waals surface area contributed by atoms with Crippen LogP contribution in [-0.2, 0) is 9.59 Å². The molecule has 1 atom stereocenters. The number of thiazole rings is 1. The van der Waals surface area contributed by atoms with E-state index in [1.165, 1.54) is 11.3 Å². The summed E-state index contributed by atoms with van der Waals surface area (Å²) in [5.74, 6) is -0.790. The smallest absolute Gasteiger partial charge is 0.226 e. The van der Waals surface area contributed by atoms with E-state index in [4.69, 9.17) is 5.73 Å². The molecule has 1 unspecified atom stereocenters. The molecule has 15 heavy (non-hydrogen) atoms. The van der Waals surface area contributed by atoms with Gasteiger partial charge in [0.05, 0.1) is 0 Å². The molecule has 5 nitrogen and oxygen atoms in total. The molecule has 0 aliphatic rings. The lowest BCUT2D eigenvalue weighted by atomic mass is 10.1. The van der Waals surface area contributed by atoms with Crippen LogP contribution in [0.1, 0.15) is 19.8 Å². The lowest BCUT2D eigenvalue weighted by Gasteiger charge is -2.05. The molecular formula is C9H13N3O2S. The topological polar surface area (TPSA) is 85.1 Å². The first-order valence-corrected chi connectivity index (χ1v) is 5.46. The Hall–Kier alpha value is -1.43. The molecule has 0 aliphatic carbocycles. The first kappa shape index (κ1) is 11.6. The zero-order valence-corrected chi connectivity index (χ0v) is 9.21. The Morgan fingerprint density at radius 2 is 2.40 bits per heavy atom. The normalized spacial score (nSPS) is 12.1. The number of primary amides is 1. The zero-order chi connectivity index (χ0) is 11.3. The highest BCUT2D eigenvalue weighted by atomic mass is 32.1. The van der Waals surface area contributed by atoms with Crippen LogP contribution in [0.5, 0.6) is 0 Å². The van der Waals surface area contributed by atoms with Gasteiger partial charge in [-0.25, -0.2) is 4.98 Å². The fourth-order valence-electron chi connectivity index (χ4n) is 0.957. The summed E-state index contributed by atoms with van der Waals surface area (Å²) in [6.07, 6.45) is 2.36. The minimum absolute atomic E-state index is 0.141. The van der Waals surface area contributed by atoms with E-state index in [1.54, 1.807) is 18.5 Å². The van der Waals surface area contributed by atoms with Crippen molar-refractivity contribution in [1.29, 1.82) is 0 Å². The van der Waals surface area contributed by atoms with Crippen molar-refractivity contribution in [3.05, 3.63) is 11.6 Å². The zero-order valence-electron chi connectivity index (χ0n) is 8.40. The predicted octanol–water partition coefficient (Wildman–Crippen LogP) is 0.983. The summed E-state index contributed by atoms with van der Waals surface area (Å²) in [7, 11) is 0. The Morgan fingerprint density at radius 3 is 2.93 bits per heavy atom. The number of amides is 2. The Labute approximate surface area is 91.7 Å². The van der Waals surface area contributed by atoms with E-state index in [-0.39, 0.29) is 24.2 Å². The third-order valence-corrected chi connectivity index (χ3v) is 2.66. The van der Waals surface area contributed by atoms with Crippen LogP contribution >= 0.6 is 11.3 Å². The first-order chi connectivity index (χ1) is 7.09. The average molecular weight is 227 g/mol. The number of nitrogens with one attached hydrogen (secondary N) is 1. The number of carbonyl (C=O) groups is 2. The number of hydrogen-bond donors (Lipinski definition) is 2. The van der Waals surface area contributed by atoms with Gasteiger partial charge in [-0.3, -0.25) is 9.59 Å². The highest BCUT2D eigenvalue weighted by Gasteiger charge is 2.11. The van der Waals surface area contributed by atoms with Crippen molar-refractivity contribution in [2.24, 2.45) is 11.7 Å². The van der Waals surface area contributed by atoms with Gasteiger partial charge in [-0.1, -0.05) is 6.92 Å². The van der Waals surface area contributed by atoms with Gasteiger partial charge in [0.2, 0.25) is 11.8 Å². The molecule has 0 fully saturated rings. The Kier molecular flexibility index (Phi) is 4.23. The second-order valence-corrected chi connectivity index (χ2v) is 4.12. The second-order valence-electron chi connectivity index (χ2n) is 3.23. The summed E-state index contributed by atoms with van der Waals surface area (Å²) in [6.45, 7) is 1.71. The van der Waals surface area contributed by atoms with Crippen molar-refractivity contribution >= 4 is 28.3 Å². The molecule has 6 heteroatoms. The molecule has 2 amide bonds. The van der Waals surface area contributed by atoms with Crippen molar-refractivity contribution in [3.8, 4) is 0 Å². The average Bonchev–Trinajstić information content (AvgIpc) is 2.66. The molecule has 0 radical (unpaired) electrons. The molecule has 1 aromatic rings. The van der Waals surface area contributed by atoms with Gasteiger partial charge in [0.15, 0.2) is 5.13 Å². The van der Waals surface area contributed by atoms with Crippen LogP contribution in [0.2, 0.25) is 0 Å². The molecule has 0 aliphatic heterocycles. The van der Waals surface area contributed by atoms with Crippen LogP contribution in [0.15, 0.2) is 11.6 Å². The third kappa shape index (κ3) is 4.07. The van der Waals surface area contributed by atoms with Gasteiger partial charge in [-0.15, -0.1) is 11.3 Å². The summed E-state index contributed by atoms with van der Waals surface area (Å²) >= 11 is 1.36. The van der Waals surface area contributed by atoms with E-state index >= 15 is 0 Å². The molecule has 0 saturated heterocycles. The molecule has 0 spiro atoms. The second kappa shape index (κ2) is 5.45. The number of aromatic nitrogens is 1. The standard InChI is InChI=1S/C9H13N3O2S/c1-6(8(10)14)2-3-7(13)12-9-11-4-5-15-9/h4-6H,2-3H2,1H3,(H2,10,14)(H,11,12,13). The summed E-state index contributed by atoms with van der Waals surface area (Å²) in [5.41, 5.74) is 5.08. The lowest BCUT2D eigenvalue weighted by Crippen LogP contribution is -2.22. The molecule has 1 aromatic heterocycles. The van der Waals surface area contributed by atoms with E-state index in [9.17, 15) is 9.59 Å². The van der Waals surface area contributed by atoms with Crippen LogP contribution in [-0.4, -0.2) is 16.8 Å². The quantitative estimate of drug-likeness (QED) is 0.786. The number of anilines is 1. The van der Waals surface area contributed by atoms with Gasteiger partial charge in [-0.05, 0) is 6.42 Å². The maximum atomic E-state index is 11.3. The van der Waals surface area contributed by atoms with Crippen LogP contribution in [0.3, 0.4) is 0 Å². The van der Waals surface area contributed by atoms with Gasteiger partial charge >= 0.3 is 0 Å². The SMILES string of the molecule is CC(CCC(=O)Nc1nccs1)C(N)=O. The number of nitrogens with zero attached hydrogens (tertiary/aromatic N) is 1. The maximum absolute atomic E-state index is 11.3. The number of hydrogen-bond acceptors (Lipinski definition) is 4. The highest BCUT2D eigenvalue weighted by Crippen LogP contribution is 2.12. The van der Waals surface area contributed by atoms with E-state index < -0.39 is 0 Å². The van der Waals surface area contributed by atoms with Gasteiger partial charge in [0, 0.05) is 23.9 Å². The Bertz CT molecular complexity index is 337. The lowest BCUT2D eigenvalue weighted by molar-refractivity contribution is -0.121. The van der Waals surface area contributed by atoms with Crippen molar-refractivity contribution in [1.82, 2.24) is 4.98 Å². The summed E-state index contributed by atoms with van der Waals surface area (Å²) in [5, 5.41) is 4.99. The molecule has 0 bridgehead atoms. The van der Waals surface area contributed by atoms with Crippen molar-refractivity contribution < 1.29 is 9.59 Å². The van der Waals surface area contributed by atoms with Crippen LogP contribution in [0, 0.1) is 5.92 Å². The van der Waals surface area contributed by atoms with E-state index in [1.807, 2.05) is 0 Å². The van der Waals surface area contributed by atoms with Crippen LogP contribution in [0.4, 0.5) is 5.13 Å². The van der Waals surface area contributed by atoms with Crippen molar-refractivity contribution in [2.45, 2.75) is 19.8 Å². The van der Waals surface area contributed by atoms with Gasteiger partial charge in [-0.2, -0.15) is 0 Å². The third-order valence-electron chi connectivity index (χ3n) is 1.97. The molecule has 1 rings (SSSR count). The minimum atomic E-state index is -0.378. The van der Waals surface area contributed by atoms with Gasteiger partial charge in [0.25, 0.3) is 0 Å².